The Morgan fingerprint density at radius 1 is 1.23 bits per heavy atom. The third kappa shape index (κ3) is 8.07. The second kappa shape index (κ2) is 13.0. The molecule has 0 atom stereocenters. The van der Waals surface area contributed by atoms with Crippen molar-refractivity contribution in [1.29, 1.82) is 5.26 Å². The average molecular weight is 423 g/mol. The number of pyridine rings is 2. The van der Waals surface area contributed by atoms with Crippen molar-refractivity contribution in [2.45, 2.75) is 32.1 Å². The van der Waals surface area contributed by atoms with Gasteiger partial charge in [-0.15, -0.1) is 0 Å². The minimum absolute atomic E-state index is 0.114. The zero-order valence-corrected chi connectivity index (χ0v) is 18.2. The molecule has 31 heavy (non-hydrogen) atoms. The quantitative estimate of drug-likeness (QED) is 0.583. The second-order valence-corrected chi connectivity index (χ2v) is 7.11. The summed E-state index contributed by atoms with van der Waals surface area (Å²) in [6.07, 6.45) is 9.88. The van der Waals surface area contributed by atoms with E-state index in [9.17, 15) is 4.79 Å². The van der Waals surface area contributed by atoms with E-state index in [4.69, 9.17) is 15.8 Å². The van der Waals surface area contributed by atoms with Crippen LogP contribution in [-0.4, -0.2) is 53.0 Å². The molecule has 1 fully saturated rings. The van der Waals surface area contributed by atoms with Crippen molar-refractivity contribution in [1.82, 2.24) is 19.9 Å². The van der Waals surface area contributed by atoms with Crippen LogP contribution in [0.2, 0.25) is 0 Å². The van der Waals surface area contributed by atoms with Gasteiger partial charge in [-0.1, -0.05) is 18.9 Å². The summed E-state index contributed by atoms with van der Waals surface area (Å²) in [4.78, 5) is 22.4. The number of nitriles is 1. The SMILES string of the molecule is CN(N)/C(=C\CC(=O)N1CCCCCC1)c1cc(C#N)ccn1.COc1ccccn1. The Hall–Kier alpha value is -3.44. The van der Waals surface area contributed by atoms with Gasteiger partial charge in [0.1, 0.15) is 0 Å². The van der Waals surface area contributed by atoms with Gasteiger partial charge in [0.15, 0.2) is 0 Å². The molecule has 1 aliphatic heterocycles. The molecule has 0 bridgehead atoms. The molecule has 0 aromatic carbocycles. The van der Waals surface area contributed by atoms with Crippen LogP contribution in [0.15, 0.2) is 48.8 Å². The van der Waals surface area contributed by atoms with Crippen molar-refractivity contribution < 1.29 is 9.53 Å². The van der Waals surface area contributed by atoms with Crippen LogP contribution in [0.5, 0.6) is 5.88 Å². The Labute approximate surface area is 183 Å². The third-order valence-electron chi connectivity index (χ3n) is 4.81. The van der Waals surface area contributed by atoms with Crippen molar-refractivity contribution in [3.05, 3.63) is 60.1 Å². The first-order valence-electron chi connectivity index (χ1n) is 10.3. The van der Waals surface area contributed by atoms with Crippen LogP contribution in [0.1, 0.15) is 43.4 Å². The fourth-order valence-electron chi connectivity index (χ4n) is 3.17. The van der Waals surface area contributed by atoms with Crippen LogP contribution in [0.25, 0.3) is 5.70 Å². The first kappa shape index (κ1) is 23.8. The first-order valence-corrected chi connectivity index (χ1v) is 10.3. The highest BCUT2D eigenvalue weighted by atomic mass is 16.5. The lowest BCUT2D eigenvalue weighted by atomic mass is 10.1. The standard InChI is InChI=1S/C17H23N5O.C6H7NO/c1-21(19)16(15-12-14(13-18)8-9-20-15)6-7-17(23)22-10-4-2-3-5-11-22;1-8-6-4-2-3-5-7-6/h6,8-9,12H,2-5,7,10-11,19H2,1H3;2-5H,1H3/b16-6-;. The van der Waals surface area contributed by atoms with Crippen LogP contribution in [-0.2, 0) is 4.79 Å². The summed E-state index contributed by atoms with van der Waals surface area (Å²) in [5, 5.41) is 10.4. The summed E-state index contributed by atoms with van der Waals surface area (Å²) < 4.78 is 4.80. The number of methoxy groups -OCH3 is 1. The number of rotatable bonds is 5. The molecule has 2 N–H and O–H groups in total. The van der Waals surface area contributed by atoms with E-state index in [1.54, 1.807) is 50.8 Å². The average Bonchev–Trinajstić information content (AvgIpc) is 3.10. The van der Waals surface area contributed by atoms with Crippen molar-refractivity contribution in [3.8, 4) is 11.9 Å². The van der Waals surface area contributed by atoms with Crippen LogP contribution in [0, 0.1) is 11.3 Å². The zero-order valence-electron chi connectivity index (χ0n) is 18.2. The van der Waals surface area contributed by atoms with E-state index < -0.39 is 0 Å². The topological polar surface area (TPSA) is 108 Å². The van der Waals surface area contributed by atoms with Crippen molar-refractivity contribution in [2.24, 2.45) is 5.84 Å². The van der Waals surface area contributed by atoms with Gasteiger partial charge in [0.05, 0.1) is 30.1 Å². The Morgan fingerprint density at radius 2 is 1.97 bits per heavy atom. The maximum Gasteiger partial charge on any atom is 0.226 e. The molecule has 1 aliphatic rings. The van der Waals surface area contributed by atoms with Crippen LogP contribution >= 0.6 is 0 Å². The molecule has 8 heteroatoms. The Kier molecular flexibility index (Phi) is 9.98. The summed E-state index contributed by atoms with van der Waals surface area (Å²) >= 11 is 0. The third-order valence-corrected chi connectivity index (χ3v) is 4.81. The van der Waals surface area contributed by atoms with Crippen LogP contribution < -0.4 is 10.6 Å². The summed E-state index contributed by atoms with van der Waals surface area (Å²) in [6.45, 7) is 1.67. The Balaban J connectivity index is 0.000000357. The number of carbonyl (C=O) groups excluding carboxylic acids is 1. The van der Waals surface area contributed by atoms with E-state index >= 15 is 0 Å². The zero-order chi connectivity index (χ0) is 22.5. The molecule has 1 amide bonds. The van der Waals surface area contributed by atoms with Crippen LogP contribution in [0.4, 0.5) is 0 Å². The largest absolute Gasteiger partial charge is 0.481 e. The lowest BCUT2D eigenvalue weighted by molar-refractivity contribution is -0.130. The molecule has 3 rings (SSSR count). The number of hydrogen-bond donors (Lipinski definition) is 1. The number of ether oxygens (including phenoxy) is 1. The van der Waals surface area contributed by atoms with Gasteiger partial charge in [-0.3, -0.25) is 9.78 Å². The number of hydrazine groups is 1. The molecule has 2 aromatic heterocycles. The lowest BCUT2D eigenvalue weighted by Gasteiger charge is -2.21. The molecule has 0 saturated carbocycles. The normalized spacial score (nSPS) is 13.9. The number of nitrogens with two attached hydrogens (primary N) is 1. The molecule has 0 spiro atoms. The molecular formula is C23H30N6O2. The molecule has 8 nitrogen and oxygen atoms in total. The number of likely N-dealkylation sites (tertiary alicyclic amines) is 1. The molecule has 1 saturated heterocycles. The maximum atomic E-state index is 12.4. The first-order chi connectivity index (χ1) is 15.0. The lowest BCUT2D eigenvalue weighted by Crippen LogP contribution is -2.31. The van der Waals surface area contributed by atoms with Crippen LogP contribution in [0.3, 0.4) is 0 Å². The predicted molar refractivity (Wildman–Crippen MR) is 119 cm³/mol. The van der Waals surface area contributed by atoms with E-state index in [0.29, 0.717) is 22.8 Å². The number of hydrogen-bond acceptors (Lipinski definition) is 7. The van der Waals surface area contributed by atoms with Gasteiger partial charge < -0.3 is 14.6 Å². The summed E-state index contributed by atoms with van der Waals surface area (Å²) in [5.41, 5.74) is 1.75. The van der Waals surface area contributed by atoms with Gasteiger partial charge in [0.2, 0.25) is 11.8 Å². The second-order valence-electron chi connectivity index (χ2n) is 7.11. The van der Waals surface area contributed by atoms with Gasteiger partial charge in [0.25, 0.3) is 0 Å². The minimum atomic E-state index is 0.114. The van der Waals surface area contributed by atoms with Crippen molar-refractivity contribution >= 4 is 11.6 Å². The van der Waals surface area contributed by atoms with E-state index in [2.05, 4.69) is 16.0 Å². The monoisotopic (exact) mass is 422 g/mol. The maximum absolute atomic E-state index is 12.4. The van der Waals surface area contributed by atoms with Gasteiger partial charge in [-0.2, -0.15) is 5.26 Å². The molecule has 0 unspecified atom stereocenters. The molecule has 164 valence electrons. The van der Waals surface area contributed by atoms with E-state index in [1.807, 2.05) is 17.0 Å². The highest BCUT2D eigenvalue weighted by molar-refractivity contribution is 5.79. The fraction of sp³-hybridized carbons (Fsp3) is 0.391. The van der Waals surface area contributed by atoms with Gasteiger partial charge in [-0.05, 0) is 37.1 Å². The predicted octanol–water partition coefficient (Wildman–Crippen LogP) is 2.98. The van der Waals surface area contributed by atoms with Gasteiger partial charge >= 0.3 is 0 Å². The molecule has 3 heterocycles. The summed E-state index contributed by atoms with van der Waals surface area (Å²) in [6, 6.07) is 10.9. The number of carbonyl (C=O) groups is 1. The van der Waals surface area contributed by atoms with Crippen molar-refractivity contribution in [2.75, 3.05) is 27.2 Å². The van der Waals surface area contributed by atoms with Gasteiger partial charge in [-0.25, -0.2) is 10.8 Å². The summed E-state index contributed by atoms with van der Waals surface area (Å²) in [5.74, 6) is 6.64. The molecule has 2 aromatic rings. The van der Waals surface area contributed by atoms with Crippen molar-refractivity contribution in [3.63, 3.8) is 0 Å². The Bertz CT molecular complexity index is 884. The minimum Gasteiger partial charge on any atom is -0.481 e. The number of nitrogens with zero attached hydrogens (tertiary/aromatic N) is 5. The fourth-order valence-corrected chi connectivity index (χ4v) is 3.17. The van der Waals surface area contributed by atoms with E-state index in [0.717, 1.165) is 25.9 Å². The smallest absolute Gasteiger partial charge is 0.226 e. The molecule has 0 radical (unpaired) electrons. The number of aromatic nitrogens is 2. The summed E-state index contributed by atoms with van der Waals surface area (Å²) in [7, 11) is 3.30. The highest BCUT2D eigenvalue weighted by Crippen LogP contribution is 2.17. The number of amides is 1. The van der Waals surface area contributed by atoms with E-state index in [-0.39, 0.29) is 12.3 Å². The van der Waals surface area contributed by atoms with Gasteiger partial charge in [0, 0.05) is 45.0 Å². The van der Waals surface area contributed by atoms with E-state index in [1.165, 1.54) is 17.9 Å². The molecular weight excluding hydrogens is 392 g/mol. The molecule has 0 aliphatic carbocycles. The highest BCUT2D eigenvalue weighted by Gasteiger charge is 2.15. The Morgan fingerprint density at radius 3 is 2.52 bits per heavy atom.